The van der Waals surface area contributed by atoms with Crippen molar-refractivity contribution in [2.45, 2.75) is 32.4 Å². The van der Waals surface area contributed by atoms with Crippen LogP contribution in [0.3, 0.4) is 0 Å². The highest BCUT2D eigenvalue weighted by Gasteiger charge is 2.17. The Morgan fingerprint density at radius 3 is 2.63 bits per heavy atom. The molecule has 4 N–H and O–H groups in total. The Hall–Kier alpha value is -1.30. The number of halogens is 1. The Morgan fingerprint density at radius 2 is 2.16 bits per heavy atom. The lowest BCUT2D eigenvalue weighted by Gasteiger charge is -2.20. The maximum atomic E-state index is 11.6. The number of carbonyl (C=O) groups is 1. The lowest BCUT2D eigenvalue weighted by Crippen LogP contribution is -2.27. The molecular formula is C13H19ClN2O3. The summed E-state index contributed by atoms with van der Waals surface area (Å²) in [5.74, 6) is 0. The van der Waals surface area contributed by atoms with E-state index in [0.717, 1.165) is 0 Å². The third-order valence-corrected chi connectivity index (χ3v) is 2.57. The number of anilines is 1. The molecule has 1 atom stereocenters. The van der Waals surface area contributed by atoms with Gasteiger partial charge in [0, 0.05) is 10.7 Å². The fourth-order valence-electron chi connectivity index (χ4n) is 1.43. The van der Waals surface area contributed by atoms with E-state index in [4.69, 9.17) is 27.2 Å². The molecule has 0 heterocycles. The van der Waals surface area contributed by atoms with Crippen molar-refractivity contribution in [1.82, 2.24) is 0 Å². The fourth-order valence-corrected chi connectivity index (χ4v) is 1.75. The molecule has 0 aliphatic heterocycles. The molecule has 0 fully saturated rings. The molecule has 0 saturated carbocycles. The van der Waals surface area contributed by atoms with E-state index in [9.17, 15) is 4.79 Å². The average Bonchev–Trinajstić information content (AvgIpc) is 2.25. The van der Waals surface area contributed by atoms with Crippen LogP contribution >= 0.6 is 11.6 Å². The van der Waals surface area contributed by atoms with E-state index >= 15 is 0 Å². The normalized spacial score (nSPS) is 12.9. The molecule has 1 unspecified atom stereocenters. The second-order valence-electron chi connectivity index (χ2n) is 5.15. The molecule has 0 spiro atoms. The first kappa shape index (κ1) is 15.8. The van der Waals surface area contributed by atoms with E-state index < -0.39 is 17.7 Å². The smallest absolute Gasteiger partial charge is 0.412 e. The van der Waals surface area contributed by atoms with E-state index in [2.05, 4.69) is 5.32 Å². The van der Waals surface area contributed by atoms with Crippen molar-refractivity contribution in [3.05, 3.63) is 28.8 Å². The maximum absolute atomic E-state index is 11.6. The van der Waals surface area contributed by atoms with Gasteiger partial charge in [-0.2, -0.15) is 0 Å². The Labute approximate surface area is 117 Å². The van der Waals surface area contributed by atoms with Gasteiger partial charge in [-0.25, -0.2) is 4.79 Å². The molecule has 0 radical (unpaired) electrons. The number of nitrogens with one attached hydrogen (secondary N) is 1. The van der Waals surface area contributed by atoms with Crippen LogP contribution in [0.25, 0.3) is 0 Å². The average molecular weight is 287 g/mol. The molecule has 1 amide bonds. The second-order valence-corrected chi connectivity index (χ2v) is 5.56. The maximum Gasteiger partial charge on any atom is 0.412 e. The van der Waals surface area contributed by atoms with Gasteiger partial charge in [-0.05, 0) is 38.5 Å². The van der Waals surface area contributed by atoms with Crippen LogP contribution in [0.5, 0.6) is 0 Å². The van der Waals surface area contributed by atoms with Crippen LogP contribution < -0.4 is 11.1 Å². The van der Waals surface area contributed by atoms with Crippen molar-refractivity contribution in [3.63, 3.8) is 0 Å². The van der Waals surface area contributed by atoms with E-state index in [0.29, 0.717) is 16.3 Å². The molecule has 106 valence electrons. The topological polar surface area (TPSA) is 84.6 Å². The van der Waals surface area contributed by atoms with E-state index in [1.807, 2.05) is 0 Å². The number of hydrogen-bond donors (Lipinski definition) is 3. The van der Waals surface area contributed by atoms with Crippen molar-refractivity contribution in [3.8, 4) is 0 Å². The van der Waals surface area contributed by atoms with E-state index in [1.54, 1.807) is 39.0 Å². The molecule has 0 aromatic heterocycles. The monoisotopic (exact) mass is 286 g/mol. The van der Waals surface area contributed by atoms with Gasteiger partial charge in [-0.3, -0.25) is 5.32 Å². The number of amides is 1. The first-order chi connectivity index (χ1) is 8.73. The van der Waals surface area contributed by atoms with E-state index in [1.165, 1.54) is 0 Å². The largest absolute Gasteiger partial charge is 0.444 e. The third-order valence-electron chi connectivity index (χ3n) is 2.24. The zero-order valence-electron chi connectivity index (χ0n) is 11.2. The quantitative estimate of drug-likeness (QED) is 0.797. The van der Waals surface area contributed by atoms with Crippen molar-refractivity contribution in [1.29, 1.82) is 0 Å². The van der Waals surface area contributed by atoms with Crippen LogP contribution in [0.4, 0.5) is 10.5 Å². The molecule has 0 bridgehead atoms. The fraction of sp³-hybridized carbons (Fsp3) is 0.462. The first-order valence-electron chi connectivity index (χ1n) is 5.89. The molecule has 1 aromatic rings. The summed E-state index contributed by atoms with van der Waals surface area (Å²) in [5.41, 5.74) is 6.25. The first-order valence-corrected chi connectivity index (χ1v) is 6.26. The molecule has 0 aliphatic carbocycles. The minimum atomic E-state index is -0.562. The van der Waals surface area contributed by atoms with Crippen molar-refractivity contribution in [2.24, 2.45) is 5.73 Å². The number of rotatable bonds is 3. The standard InChI is InChI=1S/C13H19ClN2O3/c1-13(2,3)19-12(18)16-8-4-5-9(10(14)6-8)11(15)7-17/h4-6,11,17H,7,15H2,1-3H3,(H,16,18). The Balaban J connectivity index is 2.76. The minimum absolute atomic E-state index is 0.196. The number of benzene rings is 1. The third kappa shape index (κ3) is 5.06. The lowest BCUT2D eigenvalue weighted by molar-refractivity contribution is 0.0636. The number of carbonyl (C=O) groups excluding carboxylic acids is 1. The molecular weight excluding hydrogens is 268 g/mol. The van der Waals surface area contributed by atoms with Crippen molar-refractivity contribution >= 4 is 23.4 Å². The molecule has 19 heavy (non-hydrogen) atoms. The zero-order chi connectivity index (χ0) is 14.6. The molecule has 0 saturated heterocycles. The Bertz CT molecular complexity index is 458. The number of aliphatic hydroxyl groups is 1. The zero-order valence-corrected chi connectivity index (χ0v) is 12.0. The van der Waals surface area contributed by atoms with E-state index in [-0.39, 0.29) is 6.61 Å². The highest BCUT2D eigenvalue weighted by Crippen LogP contribution is 2.25. The van der Waals surface area contributed by atoms with Gasteiger partial charge in [0.1, 0.15) is 5.60 Å². The summed E-state index contributed by atoms with van der Waals surface area (Å²) in [4.78, 5) is 11.6. The van der Waals surface area contributed by atoms with Crippen molar-refractivity contribution < 1.29 is 14.6 Å². The minimum Gasteiger partial charge on any atom is -0.444 e. The Morgan fingerprint density at radius 1 is 1.53 bits per heavy atom. The predicted octanol–water partition coefficient (Wildman–Crippen LogP) is 2.68. The van der Waals surface area contributed by atoms with Gasteiger partial charge in [0.15, 0.2) is 0 Å². The molecule has 1 rings (SSSR count). The summed E-state index contributed by atoms with van der Waals surface area (Å²) in [6.07, 6.45) is -0.553. The van der Waals surface area contributed by atoms with Gasteiger partial charge in [-0.15, -0.1) is 0 Å². The summed E-state index contributed by atoms with van der Waals surface area (Å²) in [7, 11) is 0. The van der Waals surface area contributed by atoms with Gasteiger partial charge in [0.2, 0.25) is 0 Å². The SMILES string of the molecule is CC(C)(C)OC(=O)Nc1ccc(C(N)CO)c(Cl)c1. The summed E-state index contributed by atoms with van der Waals surface area (Å²) in [6, 6.07) is 4.34. The summed E-state index contributed by atoms with van der Waals surface area (Å²) >= 11 is 6.04. The number of aliphatic hydroxyl groups excluding tert-OH is 1. The van der Waals surface area contributed by atoms with Crippen LogP contribution in [0.2, 0.25) is 5.02 Å². The van der Waals surface area contributed by atoms with Crippen LogP contribution in [0, 0.1) is 0 Å². The van der Waals surface area contributed by atoms with Gasteiger partial charge in [0.05, 0.1) is 12.6 Å². The predicted molar refractivity (Wildman–Crippen MR) is 75.3 cm³/mol. The van der Waals surface area contributed by atoms with Crippen molar-refractivity contribution in [2.75, 3.05) is 11.9 Å². The summed E-state index contributed by atoms with van der Waals surface area (Å²) in [6.45, 7) is 5.15. The highest BCUT2D eigenvalue weighted by molar-refractivity contribution is 6.31. The van der Waals surface area contributed by atoms with Crippen LogP contribution in [0.15, 0.2) is 18.2 Å². The van der Waals surface area contributed by atoms with Crippen LogP contribution in [-0.4, -0.2) is 23.4 Å². The lowest BCUT2D eigenvalue weighted by atomic mass is 10.1. The van der Waals surface area contributed by atoms with Gasteiger partial charge in [0.25, 0.3) is 0 Å². The highest BCUT2D eigenvalue weighted by atomic mass is 35.5. The molecule has 1 aromatic carbocycles. The summed E-state index contributed by atoms with van der Waals surface area (Å²) in [5, 5.41) is 11.9. The molecule has 5 nitrogen and oxygen atoms in total. The van der Waals surface area contributed by atoms with Gasteiger partial charge < -0.3 is 15.6 Å². The number of nitrogens with two attached hydrogens (primary N) is 1. The number of hydrogen-bond acceptors (Lipinski definition) is 4. The molecule has 0 aliphatic rings. The number of ether oxygens (including phenoxy) is 1. The van der Waals surface area contributed by atoms with Gasteiger partial charge in [-0.1, -0.05) is 17.7 Å². The van der Waals surface area contributed by atoms with Crippen LogP contribution in [-0.2, 0) is 4.74 Å². The second kappa shape index (κ2) is 6.23. The summed E-state index contributed by atoms with van der Waals surface area (Å²) < 4.78 is 5.12. The van der Waals surface area contributed by atoms with Crippen LogP contribution in [0.1, 0.15) is 32.4 Å². The van der Waals surface area contributed by atoms with Gasteiger partial charge >= 0.3 is 6.09 Å². The molecule has 6 heteroatoms. The Kier molecular flexibility index (Phi) is 5.17.